The molecular formula is C25H46N4O4. The summed E-state index contributed by atoms with van der Waals surface area (Å²) in [5, 5.41) is 28.6. The van der Waals surface area contributed by atoms with E-state index >= 15 is 0 Å². The van der Waals surface area contributed by atoms with Crippen molar-refractivity contribution in [2.24, 2.45) is 23.7 Å². The molecule has 2 aliphatic rings. The van der Waals surface area contributed by atoms with Gasteiger partial charge in [-0.1, -0.05) is 27.7 Å². The van der Waals surface area contributed by atoms with Crippen molar-refractivity contribution in [2.75, 3.05) is 6.67 Å². The number of nitrogens with zero attached hydrogens (tertiary/aromatic N) is 4. The average molecular weight is 467 g/mol. The van der Waals surface area contributed by atoms with Crippen LogP contribution in [0.25, 0.3) is 0 Å². The van der Waals surface area contributed by atoms with Crippen molar-refractivity contribution in [3.63, 3.8) is 0 Å². The Kier molecular flexibility index (Phi) is 7.45. The van der Waals surface area contributed by atoms with Crippen LogP contribution in [-0.2, 0) is 20.0 Å². The normalized spacial score (nSPS) is 37.9. The highest BCUT2D eigenvalue weighted by Crippen LogP contribution is 2.48. The lowest BCUT2D eigenvalue weighted by Crippen LogP contribution is -2.73. The van der Waals surface area contributed by atoms with Gasteiger partial charge in [0.25, 0.3) is 0 Å². The number of hydrogen-bond acceptors (Lipinski definition) is 4. The van der Waals surface area contributed by atoms with E-state index in [0.29, 0.717) is 0 Å². The van der Waals surface area contributed by atoms with Crippen molar-refractivity contribution in [3.8, 4) is 0 Å². The third-order valence-electron chi connectivity index (χ3n) is 9.96. The average Bonchev–Trinajstić information content (AvgIpc) is 2.73. The lowest BCUT2D eigenvalue weighted by Gasteiger charge is -2.61. The summed E-state index contributed by atoms with van der Waals surface area (Å²) in [6, 6.07) is -0.433. The minimum absolute atomic E-state index is 0.108. The molecule has 0 N–H and O–H groups in total. The van der Waals surface area contributed by atoms with E-state index in [1.807, 2.05) is 83.1 Å². The summed E-state index contributed by atoms with van der Waals surface area (Å²) in [4.78, 5) is 28.3. The Labute approximate surface area is 200 Å². The SMILES string of the molecule is CC1C(N(C=O)CN(C=O)C2C(C)C(C)(C)N([O])C(C)(C)C2C)C(C)C(C)(C)N([O])C1(C)C. The highest BCUT2D eigenvalue weighted by atomic mass is 16.5. The maximum atomic E-state index is 13.1. The summed E-state index contributed by atoms with van der Waals surface area (Å²) >= 11 is 0. The first-order chi connectivity index (χ1) is 14.8. The van der Waals surface area contributed by atoms with Crippen molar-refractivity contribution < 1.29 is 20.0 Å². The maximum Gasteiger partial charge on any atom is 0.211 e. The maximum absolute atomic E-state index is 13.1. The van der Waals surface area contributed by atoms with E-state index in [0.717, 1.165) is 12.8 Å². The molecule has 2 aliphatic heterocycles. The Balaban J connectivity index is 2.45. The van der Waals surface area contributed by atoms with E-state index in [9.17, 15) is 20.0 Å². The lowest BCUT2D eigenvalue weighted by atomic mass is 9.65. The van der Waals surface area contributed by atoms with Crippen LogP contribution < -0.4 is 0 Å². The predicted octanol–water partition coefficient (Wildman–Crippen LogP) is 3.58. The molecule has 2 amide bonds. The van der Waals surface area contributed by atoms with Gasteiger partial charge in [0.05, 0.1) is 6.67 Å². The smallest absolute Gasteiger partial charge is 0.211 e. The Morgan fingerprint density at radius 1 is 0.576 bits per heavy atom. The minimum Gasteiger partial charge on any atom is -0.324 e. The van der Waals surface area contributed by atoms with E-state index in [-0.39, 0.29) is 42.4 Å². The van der Waals surface area contributed by atoms with Gasteiger partial charge in [-0.15, -0.1) is 20.5 Å². The van der Waals surface area contributed by atoms with Gasteiger partial charge in [0.2, 0.25) is 12.8 Å². The van der Waals surface area contributed by atoms with Crippen molar-refractivity contribution in [2.45, 2.75) is 117 Å². The number of piperidine rings is 2. The Hall–Kier alpha value is -1.22. The Morgan fingerprint density at radius 3 is 0.970 bits per heavy atom. The molecule has 0 saturated carbocycles. The standard InChI is InChI=1S/C25H46N4O4/c1-16-20(17(2)23(7,8)28(32)22(16,5)6)26(14-30)13-27(15-31)21-18(3)24(9,10)29(33)25(11,12)19(21)4/h14-21H,13H2,1-12H3. The number of amides is 2. The molecule has 2 radical (unpaired) electrons. The number of carbonyl (C=O) groups excluding carboxylic acids is 2. The molecule has 4 atom stereocenters. The summed E-state index contributed by atoms with van der Waals surface area (Å²) in [5.74, 6) is -0.434. The Bertz CT molecular complexity index is 634. The van der Waals surface area contributed by atoms with Crippen molar-refractivity contribution >= 4 is 12.8 Å². The van der Waals surface area contributed by atoms with Crippen LogP contribution in [0.5, 0.6) is 0 Å². The third-order valence-corrected chi connectivity index (χ3v) is 9.96. The Morgan fingerprint density at radius 2 is 0.788 bits per heavy atom. The number of hydroxylamine groups is 4. The molecule has 0 aromatic rings. The fraction of sp³-hybridized carbons (Fsp3) is 0.920. The van der Waals surface area contributed by atoms with E-state index in [2.05, 4.69) is 0 Å². The molecule has 8 heteroatoms. The summed E-state index contributed by atoms with van der Waals surface area (Å²) in [6.07, 6.45) is 1.63. The molecule has 4 unspecified atom stereocenters. The van der Waals surface area contributed by atoms with Crippen molar-refractivity contribution in [1.82, 2.24) is 19.9 Å². The molecule has 2 heterocycles. The van der Waals surface area contributed by atoms with Gasteiger partial charge in [0.1, 0.15) is 0 Å². The molecule has 2 fully saturated rings. The second-order valence-corrected chi connectivity index (χ2v) is 12.7. The van der Waals surface area contributed by atoms with E-state index in [4.69, 9.17) is 0 Å². The first-order valence-electron chi connectivity index (χ1n) is 12.2. The van der Waals surface area contributed by atoms with Gasteiger partial charge < -0.3 is 9.80 Å². The first kappa shape index (κ1) is 28.0. The fourth-order valence-corrected chi connectivity index (χ4v) is 6.50. The quantitative estimate of drug-likeness (QED) is 0.442. The predicted molar refractivity (Wildman–Crippen MR) is 126 cm³/mol. The van der Waals surface area contributed by atoms with E-state index in [1.54, 1.807) is 9.80 Å². The molecular weight excluding hydrogens is 420 g/mol. The zero-order chi connectivity index (χ0) is 25.9. The van der Waals surface area contributed by atoms with Crippen LogP contribution in [0.4, 0.5) is 0 Å². The fourth-order valence-electron chi connectivity index (χ4n) is 6.50. The van der Waals surface area contributed by atoms with Gasteiger partial charge in [-0.3, -0.25) is 9.59 Å². The third kappa shape index (κ3) is 4.11. The molecule has 0 aromatic carbocycles. The molecule has 2 rings (SSSR count). The molecule has 8 nitrogen and oxygen atoms in total. The van der Waals surface area contributed by atoms with E-state index < -0.39 is 22.2 Å². The van der Waals surface area contributed by atoms with Crippen molar-refractivity contribution in [3.05, 3.63) is 0 Å². The summed E-state index contributed by atoms with van der Waals surface area (Å²) < 4.78 is 0. The van der Waals surface area contributed by atoms with Gasteiger partial charge in [-0.05, 0) is 79.1 Å². The van der Waals surface area contributed by atoms with Crippen LogP contribution in [0, 0.1) is 23.7 Å². The van der Waals surface area contributed by atoms with Gasteiger partial charge in [-0.2, -0.15) is 0 Å². The highest BCUT2D eigenvalue weighted by molar-refractivity contribution is 5.52. The van der Waals surface area contributed by atoms with Crippen LogP contribution in [0.1, 0.15) is 83.1 Å². The summed E-state index contributed by atoms with van der Waals surface area (Å²) in [5.41, 5.74) is -2.70. The lowest BCUT2D eigenvalue weighted by molar-refractivity contribution is -0.326. The number of hydrogen-bond donors (Lipinski definition) is 0. The molecule has 0 aliphatic carbocycles. The van der Waals surface area contributed by atoms with Crippen LogP contribution in [0.15, 0.2) is 0 Å². The second kappa shape index (κ2) is 8.77. The second-order valence-electron chi connectivity index (χ2n) is 12.7. The minimum atomic E-state index is -0.674. The summed E-state index contributed by atoms with van der Waals surface area (Å²) in [7, 11) is 0. The summed E-state index contributed by atoms with van der Waals surface area (Å²) in [6.45, 7) is 23.5. The van der Waals surface area contributed by atoms with Gasteiger partial charge >= 0.3 is 0 Å². The van der Waals surface area contributed by atoms with Gasteiger partial charge in [0, 0.05) is 34.2 Å². The molecule has 0 spiro atoms. The zero-order valence-corrected chi connectivity index (χ0v) is 22.7. The van der Waals surface area contributed by atoms with Gasteiger partial charge in [0.15, 0.2) is 0 Å². The van der Waals surface area contributed by atoms with Gasteiger partial charge in [-0.25, -0.2) is 0 Å². The number of carbonyl (C=O) groups is 2. The largest absolute Gasteiger partial charge is 0.324 e. The molecule has 33 heavy (non-hydrogen) atoms. The number of rotatable bonds is 6. The van der Waals surface area contributed by atoms with E-state index in [1.165, 1.54) is 10.1 Å². The molecule has 0 aromatic heterocycles. The molecule has 190 valence electrons. The molecule has 2 saturated heterocycles. The van der Waals surface area contributed by atoms with Crippen LogP contribution in [0.3, 0.4) is 0 Å². The first-order valence-corrected chi connectivity index (χ1v) is 12.2. The zero-order valence-electron chi connectivity index (χ0n) is 22.7. The highest BCUT2D eigenvalue weighted by Gasteiger charge is 2.58. The van der Waals surface area contributed by atoms with Crippen LogP contribution >= 0.6 is 0 Å². The topological polar surface area (TPSA) is 86.9 Å². The van der Waals surface area contributed by atoms with Crippen LogP contribution in [-0.4, -0.2) is 73.7 Å². The molecule has 0 bridgehead atoms. The van der Waals surface area contributed by atoms with Crippen LogP contribution in [0.2, 0.25) is 0 Å². The van der Waals surface area contributed by atoms with Crippen molar-refractivity contribution in [1.29, 1.82) is 0 Å². The monoisotopic (exact) mass is 466 g/mol.